The number of likely N-dealkylation sites (tertiary alicyclic amines) is 1. The minimum atomic E-state index is 0.0359. The summed E-state index contributed by atoms with van der Waals surface area (Å²) < 4.78 is 1.84. The Kier molecular flexibility index (Phi) is 4.71. The van der Waals surface area contributed by atoms with Gasteiger partial charge in [0, 0.05) is 31.4 Å². The summed E-state index contributed by atoms with van der Waals surface area (Å²) in [5.41, 5.74) is 4.31. The minimum Gasteiger partial charge on any atom is -0.337 e. The highest BCUT2D eigenvalue weighted by atomic mass is 16.2. The second kappa shape index (κ2) is 6.76. The monoisotopic (exact) mass is 330 g/mol. The van der Waals surface area contributed by atoms with Gasteiger partial charge >= 0.3 is 0 Å². The van der Waals surface area contributed by atoms with Crippen molar-refractivity contribution in [2.45, 2.75) is 26.7 Å². The van der Waals surface area contributed by atoms with Gasteiger partial charge in [-0.3, -0.25) is 14.6 Å². The van der Waals surface area contributed by atoms with Crippen LogP contribution >= 0.6 is 0 Å². The number of amides is 1. The molecule has 3 heterocycles. The average Bonchev–Trinajstić information content (AvgIpc) is 3.13. The third-order valence-corrected chi connectivity index (χ3v) is 4.87. The van der Waals surface area contributed by atoms with Gasteiger partial charge < -0.3 is 10.2 Å². The highest BCUT2D eigenvalue weighted by Gasteiger charge is 2.26. The van der Waals surface area contributed by atoms with Gasteiger partial charge in [0.1, 0.15) is 5.69 Å². The maximum atomic E-state index is 12.8. The number of hydrogen-bond donors (Lipinski definition) is 2. The number of carbonyl (C=O) groups is 1. The van der Waals surface area contributed by atoms with E-state index in [1.54, 1.807) is 0 Å². The van der Waals surface area contributed by atoms with E-state index in [9.17, 15) is 4.79 Å². The third kappa shape index (κ3) is 3.08. The predicted octanol–water partition coefficient (Wildman–Crippen LogP) is 1.50. The Balaban J connectivity index is 1.79. The lowest BCUT2D eigenvalue weighted by Gasteiger charge is -2.32. The molecule has 1 fully saturated rings. The van der Waals surface area contributed by atoms with Crippen molar-refractivity contribution in [1.82, 2.24) is 30.2 Å². The first-order valence-corrected chi connectivity index (χ1v) is 8.51. The van der Waals surface area contributed by atoms with E-state index in [4.69, 9.17) is 0 Å². The average molecular weight is 330 g/mol. The van der Waals surface area contributed by atoms with Crippen LogP contribution in [0.5, 0.6) is 0 Å². The van der Waals surface area contributed by atoms with Gasteiger partial charge in [-0.1, -0.05) is 0 Å². The van der Waals surface area contributed by atoms with Crippen LogP contribution in [-0.4, -0.2) is 57.5 Å². The number of nitrogens with one attached hydrogen (secondary N) is 2. The first-order chi connectivity index (χ1) is 11.5. The van der Waals surface area contributed by atoms with Crippen molar-refractivity contribution in [1.29, 1.82) is 0 Å². The molecule has 1 aliphatic heterocycles. The zero-order chi connectivity index (χ0) is 17.3. The van der Waals surface area contributed by atoms with Crippen LogP contribution in [-0.2, 0) is 7.05 Å². The normalized spacial score (nSPS) is 18.2. The van der Waals surface area contributed by atoms with Gasteiger partial charge in [-0.2, -0.15) is 10.2 Å². The first kappa shape index (κ1) is 16.7. The quantitative estimate of drug-likeness (QED) is 0.890. The molecule has 1 aliphatic rings. The molecule has 130 valence electrons. The van der Waals surface area contributed by atoms with E-state index < -0.39 is 0 Å². The molecule has 7 heteroatoms. The fourth-order valence-corrected chi connectivity index (χ4v) is 3.58. The largest absolute Gasteiger partial charge is 0.337 e. The van der Waals surface area contributed by atoms with Crippen LogP contribution in [0.3, 0.4) is 0 Å². The molecule has 0 radical (unpaired) electrons. The number of H-pyrrole nitrogens is 1. The van der Waals surface area contributed by atoms with Crippen molar-refractivity contribution in [3.05, 3.63) is 23.1 Å². The molecule has 1 amide bonds. The molecule has 1 unspecified atom stereocenters. The summed E-state index contributed by atoms with van der Waals surface area (Å²) in [7, 11) is 3.88. The smallest absolute Gasteiger partial charge is 0.271 e. The van der Waals surface area contributed by atoms with Crippen molar-refractivity contribution in [2.24, 2.45) is 13.0 Å². The zero-order valence-electron chi connectivity index (χ0n) is 14.9. The number of aryl methyl sites for hydroxylation is 2. The Hall–Kier alpha value is -2.15. The fraction of sp³-hybridized carbons (Fsp3) is 0.588. The molecule has 24 heavy (non-hydrogen) atoms. The summed E-state index contributed by atoms with van der Waals surface area (Å²) in [6.45, 7) is 6.55. The summed E-state index contributed by atoms with van der Waals surface area (Å²) in [4.78, 5) is 14.7. The van der Waals surface area contributed by atoms with Crippen molar-refractivity contribution < 1.29 is 4.79 Å². The summed E-state index contributed by atoms with van der Waals surface area (Å²) in [5, 5.41) is 14.9. The van der Waals surface area contributed by atoms with Crippen LogP contribution in [0.1, 0.15) is 34.7 Å². The van der Waals surface area contributed by atoms with Gasteiger partial charge in [0.2, 0.25) is 0 Å². The van der Waals surface area contributed by atoms with E-state index in [-0.39, 0.29) is 5.91 Å². The topological polar surface area (TPSA) is 78.8 Å². The fourth-order valence-electron chi connectivity index (χ4n) is 3.58. The van der Waals surface area contributed by atoms with Crippen LogP contribution in [0, 0.1) is 19.8 Å². The number of aromatic nitrogens is 4. The van der Waals surface area contributed by atoms with Gasteiger partial charge in [-0.25, -0.2) is 0 Å². The van der Waals surface area contributed by atoms with E-state index in [0.29, 0.717) is 11.6 Å². The molecule has 0 spiro atoms. The number of rotatable bonds is 4. The molecule has 2 aromatic heterocycles. The molecule has 7 nitrogen and oxygen atoms in total. The second-order valence-electron chi connectivity index (χ2n) is 6.65. The molecular formula is C17H26N6O. The van der Waals surface area contributed by atoms with Gasteiger partial charge in [0.25, 0.3) is 5.91 Å². The molecule has 2 N–H and O–H groups in total. The van der Waals surface area contributed by atoms with E-state index in [2.05, 4.69) is 20.6 Å². The summed E-state index contributed by atoms with van der Waals surface area (Å²) in [5.74, 6) is 0.562. The molecular weight excluding hydrogens is 304 g/mol. The Morgan fingerprint density at radius 3 is 2.92 bits per heavy atom. The van der Waals surface area contributed by atoms with Crippen LogP contribution in [0.15, 0.2) is 6.07 Å². The molecule has 3 rings (SSSR count). The Labute approximate surface area is 142 Å². The van der Waals surface area contributed by atoms with Gasteiger partial charge in [0.05, 0.1) is 11.4 Å². The van der Waals surface area contributed by atoms with Crippen LogP contribution in [0.25, 0.3) is 11.3 Å². The summed E-state index contributed by atoms with van der Waals surface area (Å²) in [6.07, 6.45) is 2.23. The molecule has 0 bridgehead atoms. The van der Waals surface area contributed by atoms with Crippen molar-refractivity contribution in [2.75, 3.05) is 26.7 Å². The molecule has 1 atom stereocenters. The number of hydrogen-bond acceptors (Lipinski definition) is 4. The lowest BCUT2D eigenvalue weighted by molar-refractivity contribution is 0.0668. The van der Waals surface area contributed by atoms with E-state index in [0.717, 1.165) is 48.7 Å². The van der Waals surface area contributed by atoms with Crippen LogP contribution < -0.4 is 5.32 Å². The number of nitrogens with zero attached hydrogens (tertiary/aromatic N) is 4. The Bertz CT molecular complexity index is 730. The SMILES string of the molecule is CNCC1CCCN(C(=O)c2cc(-c3c(C)nn(C)c3C)n[nH]2)C1. The Morgan fingerprint density at radius 2 is 2.25 bits per heavy atom. The maximum Gasteiger partial charge on any atom is 0.271 e. The lowest BCUT2D eigenvalue weighted by atomic mass is 9.98. The third-order valence-electron chi connectivity index (χ3n) is 4.87. The summed E-state index contributed by atoms with van der Waals surface area (Å²) in [6, 6.07) is 1.85. The van der Waals surface area contributed by atoms with Gasteiger partial charge in [-0.15, -0.1) is 0 Å². The highest BCUT2D eigenvalue weighted by molar-refractivity contribution is 5.93. The molecule has 0 saturated carbocycles. The summed E-state index contributed by atoms with van der Waals surface area (Å²) >= 11 is 0. The van der Waals surface area contributed by atoms with E-state index in [1.807, 2.05) is 43.6 Å². The van der Waals surface area contributed by atoms with E-state index >= 15 is 0 Å². The van der Waals surface area contributed by atoms with Crippen molar-refractivity contribution in [3.63, 3.8) is 0 Å². The van der Waals surface area contributed by atoms with Crippen LogP contribution in [0.2, 0.25) is 0 Å². The number of piperidine rings is 1. The minimum absolute atomic E-state index is 0.0359. The van der Waals surface area contributed by atoms with Gasteiger partial charge in [0.15, 0.2) is 0 Å². The molecule has 1 saturated heterocycles. The van der Waals surface area contributed by atoms with Crippen molar-refractivity contribution in [3.8, 4) is 11.3 Å². The highest BCUT2D eigenvalue weighted by Crippen LogP contribution is 2.26. The van der Waals surface area contributed by atoms with Crippen LogP contribution in [0.4, 0.5) is 0 Å². The molecule has 0 aromatic carbocycles. The standard InChI is InChI=1S/C17H26N6O/c1-11-16(12(2)22(4)21-11)14-8-15(20-19-14)17(24)23-7-5-6-13(10-23)9-18-3/h8,13,18H,5-7,9-10H2,1-4H3,(H,19,20). The number of carbonyl (C=O) groups excluding carboxylic acids is 1. The second-order valence-corrected chi connectivity index (χ2v) is 6.65. The lowest BCUT2D eigenvalue weighted by Crippen LogP contribution is -2.42. The zero-order valence-corrected chi connectivity index (χ0v) is 14.9. The maximum absolute atomic E-state index is 12.8. The molecule has 2 aromatic rings. The first-order valence-electron chi connectivity index (χ1n) is 8.51. The Morgan fingerprint density at radius 1 is 1.46 bits per heavy atom. The van der Waals surface area contributed by atoms with E-state index in [1.165, 1.54) is 6.42 Å². The molecule has 0 aliphatic carbocycles. The number of aromatic amines is 1. The predicted molar refractivity (Wildman–Crippen MR) is 92.8 cm³/mol. The van der Waals surface area contributed by atoms with Gasteiger partial charge in [-0.05, 0) is 52.3 Å². The van der Waals surface area contributed by atoms with Crippen molar-refractivity contribution >= 4 is 5.91 Å².